The van der Waals surface area contributed by atoms with Gasteiger partial charge in [-0.3, -0.25) is 9.59 Å². The predicted octanol–water partition coefficient (Wildman–Crippen LogP) is 2.30. The van der Waals surface area contributed by atoms with E-state index in [4.69, 9.17) is 0 Å². The summed E-state index contributed by atoms with van der Waals surface area (Å²) in [5, 5.41) is 10.6. The summed E-state index contributed by atoms with van der Waals surface area (Å²) in [5.41, 5.74) is -1.06. The number of carbonyl (C=O) groups excluding carboxylic acids is 2. The Morgan fingerprint density at radius 1 is 1.24 bits per heavy atom. The van der Waals surface area contributed by atoms with Crippen molar-refractivity contribution in [3.05, 3.63) is 30.3 Å². The molecule has 1 aliphatic carbocycles. The number of para-hydroxylation sites is 1. The molecule has 1 aromatic carbocycles. The molecule has 4 heteroatoms. The molecule has 21 heavy (non-hydrogen) atoms. The Bertz CT molecular complexity index is 536. The van der Waals surface area contributed by atoms with Crippen molar-refractivity contribution in [2.45, 2.75) is 44.1 Å². The lowest BCUT2D eigenvalue weighted by Crippen LogP contribution is -2.47. The van der Waals surface area contributed by atoms with Crippen molar-refractivity contribution in [1.82, 2.24) is 0 Å². The Kier molecular flexibility index (Phi) is 3.81. The molecule has 0 aromatic heterocycles. The van der Waals surface area contributed by atoms with Crippen LogP contribution in [0, 0.1) is 5.92 Å². The van der Waals surface area contributed by atoms with E-state index < -0.39 is 11.5 Å². The minimum absolute atomic E-state index is 0.201. The minimum atomic E-state index is -1.81. The van der Waals surface area contributed by atoms with Gasteiger partial charge < -0.3 is 10.0 Å². The van der Waals surface area contributed by atoms with Crippen molar-refractivity contribution in [1.29, 1.82) is 0 Å². The first-order valence-electron chi connectivity index (χ1n) is 7.74. The zero-order valence-corrected chi connectivity index (χ0v) is 12.1. The van der Waals surface area contributed by atoms with Crippen LogP contribution in [0.25, 0.3) is 0 Å². The lowest BCUT2D eigenvalue weighted by Gasteiger charge is -2.22. The lowest BCUT2D eigenvalue weighted by molar-refractivity contribution is -0.148. The molecule has 1 aliphatic heterocycles. The van der Waals surface area contributed by atoms with Crippen LogP contribution in [-0.2, 0) is 9.59 Å². The van der Waals surface area contributed by atoms with Crippen molar-refractivity contribution in [3.63, 3.8) is 0 Å². The highest BCUT2D eigenvalue weighted by molar-refractivity contribution is 6.17. The Balaban J connectivity index is 1.73. The molecule has 1 N–H and O–H groups in total. The zero-order valence-electron chi connectivity index (χ0n) is 12.1. The summed E-state index contributed by atoms with van der Waals surface area (Å²) in [5.74, 6) is -0.408. The van der Waals surface area contributed by atoms with Crippen molar-refractivity contribution in [2.24, 2.45) is 5.92 Å². The van der Waals surface area contributed by atoms with Gasteiger partial charge >= 0.3 is 0 Å². The maximum atomic E-state index is 12.5. The normalized spacial score (nSPS) is 26.5. The molecule has 4 nitrogen and oxygen atoms in total. The minimum Gasteiger partial charge on any atom is -0.373 e. The topological polar surface area (TPSA) is 57.6 Å². The van der Waals surface area contributed by atoms with E-state index in [9.17, 15) is 14.7 Å². The van der Waals surface area contributed by atoms with Gasteiger partial charge in [-0.1, -0.05) is 43.9 Å². The first kappa shape index (κ1) is 14.3. The molecular weight excluding hydrogens is 266 g/mol. The highest BCUT2D eigenvalue weighted by atomic mass is 16.3. The maximum Gasteiger partial charge on any atom is 0.266 e. The Hall–Kier alpha value is -1.68. The highest BCUT2D eigenvalue weighted by Crippen LogP contribution is 2.34. The fourth-order valence-corrected chi connectivity index (χ4v) is 3.46. The van der Waals surface area contributed by atoms with Gasteiger partial charge in [-0.15, -0.1) is 0 Å². The summed E-state index contributed by atoms with van der Waals surface area (Å²) < 4.78 is 0. The first-order chi connectivity index (χ1) is 10.1. The molecule has 1 atom stereocenters. The molecule has 1 heterocycles. The van der Waals surface area contributed by atoms with Crippen molar-refractivity contribution < 1.29 is 14.7 Å². The Morgan fingerprint density at radius 3 is 2.57 bits per heavy atom. The largest absolute Gasteiger partial charge is 0.373 e. The molecule has 0 radical (unpaired) electrons. The third kappa shape index (κ3) is 2.60. The number of Topliss-reactive ketones (excluding diaryl/α,β-unsaturated/α-hetero) is 1. The maximum absolute atomic E-state index is 12.5. The van der Waals surface area contributed by atoms with Gasteiger partial charge in [-0.2, -0.15) is 0 Å². The Labute approximate surface area is 124 Å². The van der Waals surface area contributed by atoms with E-state index in [1.54, 1.807) is 0 Å². The number of benzene rings is 1. The molecule has 2 fully saturated rings. The quantitative estimate of drug-likeness (QED) is 0.865. The van der Waals surface area contributed by atoms with Crippen molar-refractivity contribution >= 4 is 17.4 Å². The van der Waals surface area contributed by atoms with E-state index in [0.29, 0.717) is 18.9 Å². The van der Waals surface area contributed by atoms with E-state index in [0.717, 1.165) is 31.4 Å². The second-order valence-corrected chi connectivity index (χ2v) is 6.18. The fraction of sp³-hybridized carbons (Fsp3) is 0.529. The average molecular weight is 287 g/mol. The van der Waals surface area contributed by atoms with Crippen LogP contribution in [0.1, 0.15) is 38.5 Å². The van der Waals surface area contributed by atoms with Crippen LogP contribution in [0.2, 0.25) is 0 Å². The SMILES string of the molecule is O=C(CC1CCCC1)[C@@]1(O)CCN(c2ccccc2)C1=O. The zero-order chi connectivity index (χ0) is 14.9. The summed E-state index contributed by atoms with van der Waals surface area (Å²) in [6, 6.07) is 9.22. The molecule has 3 rings (SSSR count). The van der Waals surface area contributed by atoms with Gasteiger partial charge in [0.05, 0.1) is 0 Å². The number of rotatable bonds is 4. The van der Waals surface area contributed by atoms with E-state index in [-0.39, 0.29) is 12.2 Å². The summed E-state index contributed by atoms with van der Waals surface area (Å²) in [4.78, 5) is 26.4. The van der Waals surface area contributed by atoms with Crippen molar-refractivity contribution in [3.8, 4) is 0 Å². The summed E-state index contributed by atoms with van der Waals surface area (Å²) >= 11 is 0. The average Bonchev–Trinajstić information content (AvgIpc) is 3.10. The second kappa shape index (κ2) is 5.60. The van der Waals surface area contributed by atoms with Crippen LogP contribution in [-0.4, -0.2) is 28.9 Å². The van der Waals surface area contributed by atoms with E-state index in [1.807, 2.05) is 30.3 Å². The Morgan fingerprint density at radius 2 is 1.90 bits per heavy atom. The molecule has 0 unspecified atom stereocenters. The number of amides is 1. The standard InChI is InChI=1S/C17H21NO3/c19-15(12-13-6-4-5-7-13)17(21)10-11-18(16(17)20)14-8-2-1-3-9-14/h1-3,8-9,13,21H,4-7,10-12H2/t17-/m0/s1. The fourth-order valence-electron chi connectivity index (χ4n) is 3.46. The van der Waals surface area contributed by atoms with Crippen LogP contribution < -0.4 is 4.90 Å². The van der Waals surface area contributed by atoms with Crippen LogP contribution >= 0.6 is 0 Å². The van der Waals surface area contributed by atoms with Gasteiger partial charge in [0, 0.05) is 25.1 Å². The summed E-state index contributed by atoms with van der Waals surface area (Å²) in [6.07, 6.45) is 4.93. The lowest BCUT2D eigenvalue weighted by atomic mass is 9.89. The van der Waals surface area contributed by atoms with Crippen molar-refractivity contribution in [2.75, 3.05) is 11.4 Å². The summed E-state index contributed by atoms with van der Waals surface area (Å²) in [7, 11) is 0. The number of carbonyl (C=O) groups is 2. The predicted molar refractivity (Wildman–Crippen MR) is 79.9 cm³/mol. The van der Waals surface area contributed by atoms with E-state index >= 15 is 0 Å². The van der Waals surface area contributed by atoms with Gasteiger partial charge in [-0.25, -0.2) is 0 Å². The van der Waals surface area contributed by atoms with Crippen LogP contribution in [0.15, 0.2) is 30.3 Å². The van der Waals surface area contributed by atoms with Crippen LogP contribution in [0.5, 0.6) is 0 Å². The van der Waals surface area contributed by atoms with E-state index in [2.05, 4.69) is 0 Å². The number of aliphatic hydroxyl groups is 1. The molecule has 1 amide bonds. The second-order valence-electron chi connectivity index (χ2n) is 6.18. The monoisotopic (exact) mass is 287 g/mol. The highest BCUT2D eigenvalue weighted by Gasteiger charge is 2.51. The first-order valence-corrected chi connectivity index (χ1v) is 7.74. The number of nitrogens with zero attached hydrogens (tertiary/aromatic N) is 1. The third-order valence-corrected chi connectivity index (χ3v) is 4.77. The molecule has 1 saturated carbocycles. The molecular formula is C17H21NO3. The molecule has 1 aromatic rings. The smallest absolute Gasteiger partial charge is 0.266 e. The van der Waals surface area contributed by atoms with Gasteiger partial charge in [0.1, 0.15) is 0 Å². The van der Waals surface area contributed by atoms with Crippen LogP contribution in [0.4, 0.5) is 5.69 Å². The van der Waals surface area contributed by atoms with E-state index in [1.165, 1.54) is 4.90 Å². The number of anilines is 1. The molecule has 0 bridgehead atoms. The molecule has 2 aliphatic rings. The van der Waals surface area contributed by atoms with Gasteiger partial charge in [0.25, 0.3) is 5.91 Å². The molecule has 1 saturated heterocycles. The number of ketones is 1. The van der Waals surface area contributed by atoms with Gasteiger partial charge in [0.2, 0.25) is 5.60 Å². The van der Waals surface area contributed by atoms with Crippen LogP contribution in [0.3, 0.4) is 0 Å². The molecule has 112 valence electrons. The molecule has 0 spiro atoms. The third-order valence-electron chi connectivity index (χ3n) is 4.77. The number of hydrogen-bond acceptors (Lipinski definition) is 3. The number of hydrogen-bond donors (Lipinski definition) is 1. The van der Waals surface area contributed by atoms with Gasteiger partial charge in [-0.05, 0) is 18.1 Å². The summed E-state index contributed by atoms with van der Waals surface area (Å²) in [6.45, 7) is 0.399. The van der Waals surface area contributed by atoms with Gasteiger partial charge in [0.15, 0.2) is 5.78 Å².